The predicted molar refractivity (Wildman–Crippen MR) is 130 cm³/mol. The molecule has 6 heteroatoms. The Morgan fingerprint density at radius 3 is 2.61 bits per heavy atom. The number of carbonyl (C=O) groups excluding carboxylic acids is 1. The van der Waals surface area contributed by atoms with E-state index in [0.29, 0.717) is 12.1 Å². The van der Waals surface area contributed by atoms with E-state index in [9.17, 15) is 4.79 Å². The van der Waals surface area contributed by atoms with Gasteiger partial charge < -0.3 is 15.1 Å². The van der Waals surface area contributed by atoms with Crippen LogP contribution in [0.25, 0.3) is 0 Å². The lowest BCUT2D eigenvalue weighted by Crippen LogP contribution is -2.40. The summed E-state index contributed by atoms with van der Waals surface area (Å²) in [6.45, 7) is 5.88. The molecule has 0 bridgehead atoms. The zero-order valence-corrected chi connectivity index (χ0v) is 19.2. The zero-order chi connectivity index (χ0) is 21.3. The Bertz CT molecular complexity index is 817. The van der Waals surface area contributed by atoms with E-state index in [1.807, 2.05) is 17.8 Å². The summed E-state index contributed by atoms with van der Waals surface area (Å²) in [4.78, 5) is 21.8. The van der Waals surface area contributed by atoms with E-state index in [0.717, 1.165) is 55.8 Å². The summed E-state index contributed by atoms with van der Waals surface area (Å²) in [6, 6.07) is 12.8. The summed E-state index contributed by atoms with van der Waals surface area (Å²) < 4.78 is 0. The van der Waals surface area contributed by atoms with Crippen LogP contribution >= 0.6 is 11.8 Å². The van der Waals surface area contributed by atoms with E-state index in [1.54, 1.807) is 12.4 Å². The number of anilines is 1. The average Bonchev–Trinajstić information content (AvgIpc) is 2.85. The highest BCUT2D eigenvalue weighted by Crippen LogP contribution is 2.24. The quantitative estimate of drug-likeness (QED) is 0.681. The molecule has 1 N–H and O–H groups in total. The number of thioether (sulfide) groups is 1. The number of pyridine rings is 1. The minimum Gasteiger partial charge on any atom is -0.369 e. The SMILES string of the molecule is O=C(NCCN1CCC(CCc2ccccc2)CC1)c1cnccc1N1CCSCC1. The molecule has 0 aliphatic carbocycles. The van der Waals surface area contributed by atoms with Gasteiger partial charge in [-0.15, -0.1) is 0 Å². The highest BCUT2D eigenvalue weighted by atomic mass is 32.2. The second-order valence-corrected chi connectivity index (χ2v) is 9.78. The molecule has 2 aliphatic rings. The van der Waals surface area contributed by atoms with Crippen LogP contribution in [-0.2, 0) is 6.42 Å². The molecular weight excluding hydrogens is 404 g/mol. The molecule has 2 aromatic rings. The van der Waals surface area contributed by atoms with Gasteiger partial charge in [0.1, 0.15) is 0 Å². The fraction of sp³-hybridized carbons (Fsp3) is 0.520. The monoisotopic (exact) mass is 438 g/mol. The first-order valence-corrected chi connectivity index (χ1v) is 12.8. The van der Waals surface area contributed by atoms with Gasteiger partial charge in [0.05, 0.1) is 11.3 Å². The number of rotatable bonds is 8. The highest BCUT2D eigenvalue weighted by molar-refractivity contribution is 7.99. The minimum absolute atomic E-state index is 0.000858. The first-order valence-electron chi connectivity index (χ1n) is 11.6. The third-order valence-corrected chi connectivity index (χ3v) is 7.44. The van der Waals surface area contributed by atoms with E-state index in [2.05, 4.69) is 50.4 Å². The number of aryl methyl sites for hydroxylation is 1. The number of hydrogen-bond acceptors (Lipinski definition) is 5. The van der Waals surface area contributed by atoms with Gasteiger partial charge >= 0.3 is 0 Å². The molecule has 0 saturated carbocycles. The Kier molecular flexibility index (Phi) is 8.24. The minimum atomic E-state index is -0.000858. The van der Waals surface area contributed by atoms with Gasteiger partial charge in [-0.25, -0.2) is 0 Å². The van der Waals surface area contributed by atoms with Gasteiger partial charge in [0.25, 0.3) is 5.91 Å². The summed E-state index contributed by atoms with van der Waals surface area (Å²) >= 11 is 1.98. The molecule has 2 aliphatic heterocycles. The molecule has 2 saturated heterocycles. The van der Waals surface area contributed by atoms with Gasteiger partial charge in [-0.3, -0.25) is 9.78 Å². The summed E-state index contributed by atoms with van der Waals surface area (Å²) in [5.41, 5.74) is 3.17. The topological polar surface area (TPSA) is 48.5 Å². The summed E-state index contributed by atoms with van der Waals surface area (Å²) in [5.74, 6) is 3.06. The Morgan fingerprint density at radius 2 is 1.84 bits per heavy atom. The fourth-order valence-corrected chi connectivity index (χ4v) is 5.48. The van der Waals surface area contributed by atoms with Crippen LogP contribution in [0.4, 0.5) is 5.69 Å². The molecule has 0 spiro atoms. The van der Waals surface area contributed by atoms with Gasteiger partial charge in [-0.1, -0.05) is 30.3 Å². The molecule has 1 aromatic carbocycles. The normalized spacial score (nSPS) is 18.1. The van der Waals surface area contributed by atoms with Crippen molar-refractivity contribution in [2.24, 2.45) is 5.92 Å². The molecule has 3 heterocycles. The van der Waals surface area contributed by atoms with Crippen molar-refractivity contribution in [1.82, 2.24) is 15.2 Å². The molecule has 0 unspecified atom stereocenters. The molecule has 5 nitrogen and oxygen atoms in total. The predicted octanol–water partition coefficient (Wildman–Crippen LogP) is 3.71. The van der Waals surface area contributed by atoms with Crippen LogP contribution in [0.1, 0.15) is 35.2 Å². The van der Waals surface area contributed by atoms with E-state index in [-0.39, 0.29) is 5.91 Å². The van der Waals surface area contributed by atoms with E-state index >= 15 is 0 Å². The van der Waals surface area contributed by atoms with Crippen molar-refractivity contribution in [2.75, 3.05) is 55.7 Å². The number of carbonyl (C=O) groups is 1. The molecule has 2 fully saturated rings. The number of piperidine rings is 1. The molecule has 1 aromatic heterocycles. The third kappa shape index (κ3) is 6.47. The van der Waals surface area contributed by atoms with Crippen LogP contribution in [0, 0.1) is 5.92 Å². The second-order valence-electron chi connectivity index (χ2n) is 8.56. The molecule has 4 rings (SSSR count). The first kappa shape index (κ1) is 22.2. The Balaban J connectivity index is 1.18. The van der Waals surface area contributed by atoms with E-state index in [1.165, 1.54) is 31.2 Å². The maximum absolute atomic E-state index is 12.8. The number of aromatic nitrogens is 1. The lowest BCUT2D eigenvalue weighted by atomic mass is 9.90. The summed E-state index contributed by atoms with van der Waals surface area (Å²) in [7, 11) is 0. The van der Waals surface area contributed by atoms with Gasteiger partial charge in [-0.2, -0.15) is 11.8 Å². The van der Waals surface area contributed by atoms with Crippen molar-refractivity contribution in [2.45, 2.75) is 25.7 Å². The van der Waals surface area contributed by atoms with Crippen molar-refractivity contribution in [3.63, 3.8) is 0 Å². The highest BCUT2D eigenvalue weighted by Gasteiger charge is 2.21. The first-order chi connectivity index (χ1) is 15.3. The van der Waals surface area contributed by atoms with Crippen LogP contribution in [0.3, 0.4) is 0 Å². The standard InChI is InChI=1S/C25H34N4OS/c30-25(23-20-26-11-8-24(23)29-16-18-31-19-17-29)27-12-15-28-13-9-22(10-14-28)7-6-21-4-2-1-3-5-21/h1-5,8,11,20,22H,6-7,9-10,12-19H2,(H,27,30). The van der Waals surface area contributed by atoms with Gasteiger partial charge in [0.2, 0.25) is 0 Å². The summed E-state index contributed by atoms with van der Waals surface area (Å²) in [5, 5.41) is 3.13. The smallest absolute Gasteiger partial charge is 0.255 e. The van der Waals surface area contributed by atoms with Crippen molar-refractivity contribution < 1.29 is 4.79 Å². The largest absolute Gasteiger partial charge is 0.369 e. The van der Waals surface area contributed by atoms with Crippen molar-refractivity contribution in [3.8, 4) is 0 Å². The molecule has 1 amide bonds. The second kappa shape index (κ2) is 11.5. The third-order valence-electron chi connectivity index (χ3n) is 6.50. The fourth-order valence-electron chi connectivity index (χ4n) is 4.58. The van der Waals surface area contributed by atoms with Gasteiger partial charge in [0, 0.05) is 50.1 Å². The maximum atomic E-state index is 12.8. The Morgan fingerprint density at radius 1 is 1.06 bits per heavy atom. The number of hydrogen-bond donors (Lipinski definition) is 1. The van der Waals surface area contributed by atoms with Crippen molar-refractivity contribution >= 4 is 23.4 Å². The molecule has 0 atom stereocenters. The number of benzene rings is 1. The van der Waals surface area contributed by atoms with Crippen LogP contribution in [0.5, 0.6) is 0 Å². The number of amides is 1. The van der Waals surface area contributed by atoms with Crippen LogP contribution in [0.15, 0.2) is 48.8 Å². The van der Waals surface area contributed by atoms with Gasteiger partial charge in [-0.05, 0) is 56.3 Å². The summed E-state index contributed by atoms with van der Waals surface area (Å²) in [6.07, 6.45) is 8.50. The maximum Gasteiger partial charge on any atom is 0.255 e. The van der Waals surface area contributed by atoms with E-state index < -0.39 is 0 Å². The average molecular weight is 439 g/mol. The lowest BCUT2D eigenvalue weighted by molar-refractivity contribution is 0.0943. The Hall–Kier alpha value is -2.05. The van der Waals surface area contributed by atoms with Crippen LogP contribution < -0.4 is 10.2 Å². The van der Waals surface area contributed by atoms with E-state index in [4.69, 9.17) is 0 Å². The van der Waals surface area contributed by atoms with Crippen LogP contribution in [0.2, 0.25) is 0 Å². The lowest BCUT2D eigenvalue weighted by Gasteiger charge is -2.32. The van der Waals surface area contributed by atoms with Crippen LogP contribution in [-0.4, -0.2) is 66.6 Å². The Labute approximate surface area is 190 Å². The van der Waals surface area contributed by atoms with Crippen molar-refractivity contribution in [1.29, 1.82) is 0 Å². The molecule has 166 valence electrons. The molecular formula is C25H34N4OS. The number of likely N-dealkylation sites (tertiary alicyclic amines) is 1. The zero-order valence-electron chi connectivity index (χ0n) is 18.3. The van der Waals surface area contributed by atoms with Gasteiger partial charge in [0.15, 0.2) is 0 Å². The molecule has 31 heavy (non-hydrogen) atoms. The molecule has 0 radical (unpaired) electrons. The number of nitrogens with zero attached hydrogens (tertiary/aromatic N) is 3. The number of nitrogens with one attached hydrogen (secondary N) is 1. The van der Waals surface area contributed by atoms with Crippen molar-refractivity contribution in [3.05, 3.63) is 59.9 Å².